The zero-order chi connectivity index (χ0) is 22.3. The number of aromatic nitrogens is 2. The van der Waals surface area contributed by atoms with Crippen LogP contribution in [0.4, 0.5) is 28.9 Å². The van der Waals surface area contributed by atoms with Gasteiger partial charge in [0.05, 0.1) is 29.6 Å². The van der Waals surface area contributed by atoms with Gasteiger partial charge in [-0.25, -0.2) is 0 Å². The summed E-state index contributed by atoms with van der Waals surface area (Å²) < 4.78 is 53.9. The van der Waals surface area contributed by atoms with E-state index in [-0.39, 0.29) is 23.5 Å². The lowest BCUT2D eigenvalue weighted by Crippen LogP contribution is -2.47. The van der Waals surface area contributed by atoms with Crippen molar-refractivity contribution in [1.82, 2.24) is 9.55 Å². The van der Waals surface area contributed by atoms with Crippen LogP contribution in [0, 0.1) is 5.95 Å². The summed E-state index contributed by atoms with van der Waals surface area (Å²) in [4.78, 5) is 30.8. The fraction of sp³-hybridized carbons (Fsp3) is 0.150. The van der Waals surface area contributed by atoms with Gasteiger partial charge in [0.25, 0.3) is 11.8 Å². The Morgan fingerprint density at radius 2 is 1.90 bits per heavy atom. The third-order valence-electron chi connectivity index (χ3n) is 4.81. The van der Waals surface area contributed by atoms with Crippen LogP contribution in [0.5, 0.6) is 0 Å². The SMILES string of the molecule is N[C@H]1CN(c2ccc(C(F)(F)F)cc2)C(=O)c2c(C(=O)Nc3cccnc3)cc(F)n21. The number of fused-ring (bicyclic) bond motifs is 1. The Morgan fingerprint density at radius 3 is 2.52 bits per heavy atom. The number of alkyl halides is 3. The van der Waals surface area contributed by atoms with Crippen LogP contribution in [0.1, 0.15) is 32.6 Å². The molecule has 3 N–H and O–H groups in total. The second-order valence-electron chi connectivity index (χ2n) is 6.82. The van der Waals surface area contributed by atoms with Crippen molar-refractivity contribution in [2.24, 2.45) is 5.73 Å². The standard InChI is InChI=1S/C20H15F4N5O2/c21-15-8-14(18(30)27-12-2-1-7-26-9-12)17-19(31)28(10-16(25)29(15)17)13-5-3-11(4-6-13)20(22,23)24/h1-9,16H,10,25H2,(H,27,30)/t16-/m1/s1. The molecule has 3 heterocycles. The number of nitrogens with one attached hydrogen (secondary N) is 1. The molecule has 0 unspecified atom stereocenters. The Balaban J connectivity index is 1.69. The molecule has 2 aromatic heterocycles. The Labute approximate surface area is 173 Å². The van der Waals surface area contributed by atoms with E-state index >= 15 is 0 Å². The Morgan fingerprint density at radius 1 is 1.19 bits per heavy atom. The van der Waals surface area contributed by atoms with E-state index < -0.39 is 35.7 Å². The van der Waals surface area contributed by atoms with E-state index in [9.17, 15) is 27.2 Å². The van der Waals surface area contributed by atoms with E-state index in [1.807, 2.05) is 0 Å². The Kier molecular flexibility index (Phi) is 4.97. The second-order valence-corrected chi connectivity index (χ2v) is 6.82. The van der Waals surface area contributed by atoms with Gasteiger partial charge in [0, 0.05) is 18.0 Å². The number of hydrogen-bond acceptors (Lipinski definition) is 4. The number of hydrogen-bond donors (Lipinski definition) is 2. The normalized spacial score (nSPS) is 16.2. The number of anilines is 2. The minimum Gasteiger partial charge on any atom is -0.321 e. The monoisotopic (exact) mass is 433 g/mol. The highest BCUT2D eigenvalue weighted by atomic mass is 19.4. The quantitative estimate of drug-likeness (QED) is 0.619. The first-order valence-corrected chi connectivity index (χ1v) is 9.03. The van der Waals surface area contributed by atoms with Gasteiger partial charge in [-0.3, -0.25) is 19.1 Å². The molecular formula is C20H15F4N5O2. The Bertz CT molecular complexity index is 1140. The van der Waals surface area contributed by atoms with Crippen molar-refractivity contribution in [2.75, 3.05) is 16.8 Å². The van der Waals surface area contributed by atoms with E-state index in [0.29, 0.717) is 5.69 Å². The lowest BCUT2D eigenvalue weighted by Gasteiger charge is -2.33. The summed E-state index contributed by atoms with van der Waals surface area (Å²) in [5, 5.41) is 2.52. The highest BCUT2D eigenvalue weighted by Gasteiger charge is 2.37. The first kappa shape index (κ1) is 20.5. The fourth-order valence-electron chi connectivity index (χ4n) is 3.38. The number of halogens is 4. The van der Waals surface area contributed by atoms with E-state index in [2.05, 4.69) is 10.3 Å². The summed E-state index contributed by atoms with van der Waals surface area (Å²) in [6.07, 6.45) is -2.70. The first-order valence-electron chi connectivity index (χ1n) is 9.03. The highest BCUT2D eigenvalue weighted by molar-refractivity contribution is 6.16. The van der Waals surface area contributed by atoms with E-state index in [1.165, 1.54) is 12.4 Å². The zero-order valence-corrected chi connectivity index (χ0v) is 15.7. The van der Waals surface area contributed by atoms with Gasteiger partial charge in [0.1, 0.15) is 11.9 Å². The molecule has 1 aliphatic heterocycles. The average molecular weight is 433 g/mol. The maximum atomic E-state index is 14.5. The summed E-state index contributed by atoms with van der Waals surface area (Å²) in [5.74, 6) is -2.39. The molecule has 0 saturated carbocycles. The molecule has 0 spiro atoms. The fourth-order valence-corrected chi connectivity index (χ4v) is 3.38. The van der Waals surface area contributed by atoms with Crippen LogP contribution in [0.2, 0.25) is 0 Å². The first-order chi connectivity index (χ1) is 14.7. The molecule has 31 heavy (non-hydrogen) atoms. The molecular weight excluding hydrogens is 418 g/mol. The third-order valence-corrected chi connectivity index (χ3v) is 4.81. The van der Waals surface area contributed by atoms with Crippen LogP contribution in [-0.4, -0.2) is 27.9 Å². The lowest BCUT2D eigenvalue weighted by molar-refractivity contribution is -0.137. The number of benzene rings is 1. The average Bonchev–Trinajstić information content (AvgIpc) is 3.09. The minimum atomic E-state index is -4.53. The molecule has 1 aliphatic rings. The van der Waals surface area contributed by atoms with Gasteiger partial charge < -0.3 is 16.0 Å². The molecule has 1 aromatic carbocycles. The number of rotatable bonds is 3. The van der Waals surface area contributed by atoms with Gasteiger partial charge in [0.2, 0.25) is 0 Å². The molecule has 2 amide bonds. The molecule has 3 aromatic rings. The van der Waals surface area contributed by atoms with Gasteiger partial charge in [-0.05, 0) is 36.4 Å². The highest BCUT2D eigenvalue weighted by Crippen LogP contribution is 2.33. The molecule has 0 saturated heterocycles. The minimum absolute atomic E-state index is 0.139. The maximum absolute atomic E-state index is 14.5. The van der Waals surface area contributed by atoms with E-state index in [4.69, 9.17) is 5.73 Å². The molecule has 11 heteroatoms. The van der Waals surface area contributed by atoms with Crippen molar-refractivity contribution in [3.63, 3.8) is 0 Å². The molecule has 4 rings (SSSR count). The predicted octanol–water partition coefficient (Wildman–Crippen LogP) is 3.41. The smallest absolute Gasteiger partial charge is 0.321 e. The van der Waals surface area contributed by atoms with Gasteiger partial charge in [-0.15, -0.1) is 0 Å². The molecule has 0 aliphatic carbocycles. The number of carbonyl (C=O) groups is 2. The number of nitrogens with zero attached hydrogens (tertiary/aromatic N) is 3. The number of amides is 2. The summed E-state index contributed by atoms with van der Waals surface area (Å²) in [7, 11) is 0. The maximum Gasteiger partial charge on any atom is 0.416 e. The van der Waals surface area contributed by atoms with Crippen molar-refractivity contribution < 1.29 is 27.2 Å². The molecule has 0 radical (unpaired) electrons. The van der Waals surface area contributed by atoms with Crippen LogP contribution in [0.3, 0.4) is 0 Å². The van der Waals surface area contributed by atoms with Crippen molar-refractivity contribution in [3.8, 4) is 0 Å². The topological polar surface area (TPSA) is 93.2 Å². The molecule has 160 valence electrons. The number of carbonyl (C=O) groups excluding carboxylic acids is 2. The largest absolute Gasteiger partial charge is 0.416 e. The summed E-state index contributed by atoms with van der Waals surface area (Å²) in [6, 6.07) is 7.95. The number of pyridine rings is 1. The number of nitrogens with two attached hydrogens (primary N) is 1. The van der Waals surface area contributed by atoms with E-state index in [0.717, 1.165) is 39.8 Å². The van der Waals surface area contributed by atoms with Crippen molar-refractivity contribution in [3.05, 3.63) is 77.6 Å². The molecule has 1 atom stereocenters. The van der Waals surface area contributed by atoms with Gasteiger partial charge in [0.15, 0.2) is 5.95 Å². The van der Waals surface area contributed by atoms with Gasteiger partial charge >= 0.3 is 6.18 Å². The summed E-state index contributed by atoms with van der Waals surface area (Å²) in [6.45, 7) is -0.188. The van der Waals surface area contributed by atoms with Crippen LogP contribution in [0.15, 0.2) is 54.9 Å². The van der Waals surface area contributed by atoms with E-state index in [1.54, 1.807) is 12.1 Å². The zero-order valence-electron chi connectivity index (χ0n) is 15.7. The second kappa shape index (κ2) is 7.51. The van der Waals surface area contributed by atoms with Crippen LogP contribution < -0.4 is 16.0 Å². The van der Waals surface area contributed by atoms with Crippen LogP contribution in [-0.2, 0) is 6.18 Å². The van der Waals surface area contributed by atoms with Crippen molar-refractivity contribution >= 4 is 23.2 Å². The molecule has 7 nitrogen and oxygen atoms in total. The predicted molar refractivity (Wildman–Crippen MR) is 103 cm³/mol. The summed E-state index contributed by atoms with van der Waals surface area (Å²) in [5.41, 5.74) is 5.06. The van der Waals surface area contributed by atoms with Crippen molar-refractivity contribution in [2.45, 2.75) is 12.3 Å². The van der Waals surface area contributed by atoms with Gasteiger partial charge in [-0.2, -0.15) is 17.6 Å². The van der Waals surface area contributed by atoms with Gasteiger partial charge in [-0.1, -0.05) is 0 Å². The van der Waals surface area contributed by atoms with Crippen LogP contribution in [0.25, 0.3) is 0 Å². The third kappa shape index (κ3) is 3.75. The summed E-state index contributed by atoms with van der Waals surface area (Å²) >= 11 is 0. The Hall–Kier alpha value is -3.73. The van der Waals surface area contributed by atoms with Crippen molar-refractivity contribution in [1.29, 1.82) is 0 Å². The van der Waals surface area contributed by atoms with Crippen LogP contribution >= 0.6 is 0 Å². The molecule has 0 bridgehead atoms. The molecule has 0 fully saturated rings. The lowest BCUT2D eigenvalue weighted by atomic mass is 10.1.